The minimum Gasteiger partial charge on any atom is -0.492 e. The minimum atomic E-state index is -0.276. The number of likely N-dealkylation sites (N-methyl/N-ethyl adjacent to an activating group) is 1. The van der Waals surface area contributed by atoms with E-state index >= 15 is 0 Å². The molecule has 3 aromatic rings. The number of ether oxygens (including phenoxy) is 2. The standard InChI is InChI=1S/C26H32N2O4/c1-18(14-16-30-5)24-22-8-6-7-9-23(22)32-26(24)25(27-19(2)29)20-10-12-21(13-11-20)31-17-15-28(3)4/h6-13,18H,14-17H2,1-5H3. The molecule has 0 aliphatic carbocycles. The van der Waals surface area contributed by atoms with Crippen molar-refractivity contribution >= 4 is 22.6 Å². The number of methoxy groups -OCH3 is 1. The van der Waals surface area contributed by atoms with Crippen molar-refractivity contribution in [1.82, 2.24) is 4.90 Å². The molecule has 0 N–H and O–H groups in total. The molecule has 6 nitrogen and oxygen atoms in total. The zero-order chi connectivity index (χ0) is 23.1. The lowest BCUT2D eigenvalue weighted by molar-refractivity contribution is -0.115. The smallest absolute Gasteiger partial charge is 0.243 e. The number of hydrogen-bond donors (Lipinski definition) is 0. The molecule has 1 amide bonds. The summed E-state index contributed by atoms with van der Waals surface area (Å²) in [7, 11) is 5.72. The Bertz CT molecular complexity index is 1070. The van der Waals surface area contributed by atoms with E-state index in [2.05, 4.69) is 16.8 Å². The lowest BCUT2D eigenvalue weighted by atomic mass is 9.92. The van der Waals surface area contributed by atoms with Crippen LogP contribution in [-0.2, 0) is 9.53 Å². The third-order valence-electron chi connectivity index (χ3n) is 5.30. The maximum atomic E-state index is 12.1. The van der Waals surface area contributed by atoms with Gasteiger partial charge in [0.25, 0.3) is 0 Å². The van der Waals surface area contributed by atoms with Crippen LogP contribution in [-0.4, -0.2) is 57.5 Å². The molecule has 3 rings (SSSR count). The average molecular weight is 437 g/mol. The van der Waals surface area contributed by atoms with E-state index in [4.69, 9.17) is 13.9 Å². The number of nitrogens with zero attached hydrogens (tertiary/aromatic N) is 2. The summed E-state index contributed by atoms with van der Waals surface area (Å²) >= 11 is 0. The Labute approximate surface area is 189 Å². The fourth-order valence-corrected chi connectivity index (χ4v) is 3.63. The highest BCUT2D eigenvalue weighted by atomic mass is 16.5. The van der Waals surface area contributed by atoms with Crippen molar-refractivity contribution < 1.29 is 18.7 Å². The highest BCUT2D eigenvalue weighted by Gasteiger charge is 2.24. The maximum Gasteiger partial charge on any atom is 0.243 e. The Morgan fingerprint density at radius 3 is 2.47 bits per heavy atom. The van der Waals surface area contributed by atoms with Gasteiger partial charge in [0, 0.05) is 43.7 Å². The van der Waals surface area contributed by atoms with Crippen LogP contribution in [0.25, 0.3) is 11.0 Å². The third-order valence-corrected chi connectivity index (χ3v) is 5.30. The number of carbonyl (C=O) groups excluding carboxylic acids is 1. The number of fused-ring (bicyclic) bond motifs is 1. The molecule has 0 radical (unpaired) electrons. The van der Waals surface area contributed by atoms with Crippen LogP contribution in [0.1, 0.15) is 43.1 Å². The van der Waals surface area contributed by atoms with E-state index in [1.54, 1.807) is 7.11 Å². The van der Waals surface area contributed by atoms with Crippen molar-refractivity contribution in [3.63, 3.8) is 0 Å². The first-order valence-corrected chi connectivity index (χ1v) is 10.9. The minimum absolute atomic E-state index is 0.166. The summed E-state index contributed by atoms with van der Waals surface area (Å²) in [6, 6.07) is 15.6. The number of hydrogen-bond acceptors (Lipinski definition) is 5. The first-order chi connectivity index (χ1) is 15.4. The number of amides is 1. The Morgan fingerprint density at radius 1 is 1.09 bits per heavy atom. The second-order valence-corrected chi connectivity index (χ2v) is 8.18. The normalized spacial score (nSPS) is 13.0. The Balaban J connectivity index is 2.02. The van der Waals surface area contributed by atoms with Gasteiger partial charge in [-0.2, -0.15) is 0 Å². The first kappa shape index (κ1) is 23.7. The fourth-order valence-electron chi connectivity index (χ4n) is 3.63. The zero-order valence-electron chi connectivity index (χ0n) is 19.6. The SMILES string of the molecule is COCCC(C)c1c(C(=NC(C)=O)c2ccc(OCCN(C)C)cc2)oc2ccccc12. The predicted molar refractivity (Wildman–Crippen MR) is 128 cm³/mol. The molecular weight excluding hydrogens is 404 g/mol. The molecule has 1 heterocycles. The van der Waals surface area contributed by atoms with E-state index < -0.39 is 0 Å². The quantitative estimate of drug-likeness (QED) is 0.423. The number of aliphatic imine (C=N–C) groups is 1. The van der Waals surface area contributed by atoms with Gasteiger partial charge in [-0.05, 0) is 56.8 Å². The van der Waals surface area contributed by atoms with Crippen molar-refractivity contribution in [2.75, 3.05) is 41.0 Å². The molecule has 6 heteroatoms. The molecule has 32 heavy (non-hydrogen) atoms. The lowest BCUT2D eigenvalue weighted by Crippen LogP contribution is -2.19. The molecule has 0 aliphatic heterocycles. The van der Waals surface area contributed by atoms with Gasteiger partial charge < -0.3 is 18.8 Å². The van der Waals surface area contributed by atoms with Gasteiger partial charge in [-0.1, -0.05) is 25.1 Å². The second-order valence-electron chi connectivity index (χ2n) is 8.18. The maximum absolute atomic E-state index is 12.1. The molecule has 0 spiro atoms. The second kappa shape index (κ2) is 11.1. The number of benzene rings is 2. The zero-order valence-corrected chi connectivity index (χ0v) is 19.6. The molecule has 1 aromatic heterocycles. The molecule has 2 aromatic carbocycles. The van der Waals surface area contributed by atoms with Gasteiger partial charge >= 0.3 is 0 Å². The van der Waals surface area contributed by atoms with E-state index in [1.165, 1.54) is 6.92 Å². The van der Waals surface area contributed by atoms with E-state index in [-0.39, 0.29) is 11.8 Å². The van der Waals surface area contributed by atoms with Crippen molar-refractivity contribution in [2.45, 2.75) is 26.2 Å². The molecule has 0 aliphatic rings. The van der Waals surface area contributed by atoms with E-state index in [0.717, 1.165) is 40.8 Å². The van der Waals surface area contributed by atoms with Crippen LogP contribution in [0, 0.1) is 0 Å². The van der Waals surface area contributed by atoms with E-state index in [1.807, 2.05) is 62.6 Å². The molecular formula is C26H32N2O4. The molecule has 0 bridgehead atoms. The van der Waals surface area contributed by atoms with Crippen molar-refractivity contribution in [2.24, 2.45) is 4.99 Å². The number of para-hydroxylation sites is 1. The van der Waals surface area contributed by atoms with Crippen LogP contribution in [0.3, 0.4) is 0 Å². The Morgan fingerprint density at radius 2 is 1.81 bits per heavy atom. The highest BCUT2D eigenvalue weighted by Crippen LogP contribution is 2.35. The van der Waals surface area contributed by atoms with Gasteiger partial charge in [-0.25, -0.2) is 4.99 Å². The topological polar surface area (TPSA) is 64.3 Å². The van der Waals surface area contributed by atoms with Crippen LogP contribution in [0.4, 0.5) is 0 Å². The Kier molecular flexibility index (Phi) is 8.20. The molecule has 170 valence electrons. The molecule has 1 atom stereocenters. The largest absolute Gasteiger partial charge is 0.492 e. The molecule has 0 saturated carbocycles. The number of rotatable bonds is 10. The van der Waals surface area contributed by atoms with Gasteiger partial charge in [0.15, 0.2) is 5.76 Å². The van der Waals surface area contributed by atoms with Gasteiger partial charge in [0.2, 0.25) is 5.91 Å². The van der Waals surface area contributed by atoms with Gasteiger partial charge in [0.1, 0.15) is 23.7 Å². The highest BCUT2D eigenvalue weighted by molar-refractivity contribution is 6.17. The summed E-state index contributed by atoms with van der Waals surface area (Å²) in [4.78, 5) is 18.5. The molecule has 0 saturated heterocycles. The number of carbonyl (C=O) groups is 1. The summed E-state index contributed by atoms with van der Waals surface area (Å²) in [6.45, 7) is 5.67. The summed E-state index contributed by atoms with van der Waals surface area (Å²) in [5.41, 5.74) is 3.16. The van der Waals surface area contributed by atoms with Crippen LogP contribution in [0.15, 0.2) is 57.9 Å². The predicted octanol–water partition coefficient (Wildman–Crippen LogP) is 4.90. The summed E-state index contributed by atoms with van der Waals surface area (Å²) < 4.78 is 17.4. The van der Waals surface area contributed by atoms with Gasteiger partial charge in [-0.3, -0.25) is 4.79 Å². The van der Waals surface area contributed by atoms with Crippen LogP contribution in [0.2, 0.25) is 0 Å². The third kappa shape index (κ3) is 5.84. The fraction of sp³-hybridized carbons (Fsp3) is 0.385. The lowest BCUT2D eigenvalue weighted by Gasteiger charge is -2.14. The monoisotopic (exact) mass is 436 g/mol. The first-order valence-electron chi connectivity index (χ1n) is 10.9. The summed E-state index contributed by atoms with van der Waals surface area (Å²) in [5.74, 6) is 1.30. The van der Waals surface area contributed by atoms with Crippen molar-refractivity contribution in [3.8, 4) is 5.75 Å². The summed E-state index contributed by atoms with van der Waals surface area (Å²) in [5, 5.41) is 1.03. The van der Waals surface area contributed by atoms with E-state index in [9.17, 15) is 4.79 Å². The van der Waals surface area contributed by atoms with Crippen LogP contribution < -0.4 is 4.74 Å². The number of furan rings is 1. The van der Waals surface area contributed by atoms with Crippen molar-refractivity contribution in [3.05, 3.63) is 65.4 Å². The van der Waals surface area contributed by atoms with Gasteiger partial charge in [-0.15, -0.1) is 0 Å². The average Bonchev–Trinajstić information content (AvgIpc) is 3.15. The van der Waals surface area contributed by atoms with Crippen LogP contribution >= 0.6 is 0 Å². The molecule has 1 unspecified atom stereocenters. The van der Waals surface area contributed by atoms with E-state index in [0.29, 0.717) is 24.7 Å². The van der Waals surface area contributed by atoms with Gasteiger partial charge in [0.05, 0.1) is 0 Å². The van der Waals surface area contributed by atoms with Crippen molar-refractivity contribution in [1.29, 1.82) is 0 Å². The Hall–Kier alpha value is -2.96. The molecule has 0 fully saturated rings. The summed E-state index contributed by atoms with van der Waals surface area (Å²) in [6.07, 6.45) is 0.832. The van der Waals surface area contributed by atoms with Crippen LogP contribution in [0.5, 0.6) is 5.75 Å².